The standard InChI is InChI=1S/C26H18F2N2O3/c1-2-33-26(32)20-15-30(17-11-7-4-8-12-17)24-18(25(20)31)13-21(27)22(23(24)28)19(14-29)16-9-5-3-6-10-16/h3-13,15,19H,2H2,1H3. The maximum atomic E-state index is 16.0. The summed E-state index contributed by atoms with van der Waals surface area (Å²) >= 11 is 0. The summed E-state index contributed by atoms with van der Waals surface area (Å²) in [6, 6.07) is 19.6. The van der Waals surface area contributed by atoms with Crippen molar-refractivity contribution in [3.05, 3.63) is 111 Å². The van der Waals surface area contributed by atoms with Gasteiger partial charge in [-0.2, -0.15) is 5.26 Å². The molecule has 0 radical (unpaired) electrons. The number of esters is 1. The van der Waals surface area contributed by atoms with Gasteiger partial charge in [-0.25, -0.2) is 13.6 Å². The summed E-state index contributed by atoms with van der Waals surface area (Å²) in [5, 5.41) is 9.43. The summed E-state index contributed by atoms with van der Waals surface area (Å²) in [5.41, 5.74) is -1.05. The summed E-state index contributed by atoms with van der Waals surface area (Å²) in [6.45, 7) is 1.62. The molecule has 1 unspecified atom stereocenters. The SMILES string of the molecule is CCOC(=O)c1cn(-c2ccccc2)c2c(F)c(C(C#N)c3ccccc3)c(F)cc2c1=O. The first-order valence-electron chi connectivity index (χ1n) is 10.2. The minimum atomic E-state index is -1.24. The second kappa shape index (κ2) is 9.05. The molecule has 0 aliphatic heterocycles. The molecule has 0 fully saturated rings. The molecule has 0 saturated heterocycles. The quantitative estimate of drug-likeness (QED) is 0.402. The van der Waals surface area contributed by atoms with Crippen LogP contribution in [-0.2, 0) is 4.74 Å². The fraction of sp³-hybridized carbons (Fsp3) is 0.115. The molecule has 0 aliphatic carbocycles. The van der Waals surface area contributed by atoms with Crippen LogP contribution in [0.5, 0.6) is 0 Å². The number of halogens is 2. The number of ether oxygens (including phenoxy) is 1. The van der Waals surface area contributed by atoms with Crippen LogP contribution in [0.25, 0.3) is 16.6 Å². The molecule has 33 heavy (non-hydrogen) atoms. The zero-order chi connectivity index (χ0) is 23.5. The van der Waals surface area contributed by atoms with E-state index in [0.717, 1.165) is 6.07 Å². The number of hydrogen-bond donors (Lipinski definition) is 0. The largest absolute Gasteiger partial charge is 0.462 e. The number of benzene rings is 3. The van der Waals surface area contributed by atoms with Crippen LogP contribution in [0.15, 0.2) is 77.7 Å². The minimum Gasteiger partial charge on any atom is -0.462 e. The van der Waals surface area contributed by atoms with E-state index in [2.05, 4.69) is 0 Å². The molecule has 3 aromatic carbocycles. The zero-order valence-corrected chi connectivity index (χ0v) is 17.6. The van der Waals surface area contributed by atoms with Gasteiger partial charge in [0.2, 0.25) is 5.43 Å². The van der Waals surface area contributed by atoms with Gasteiger partial charge < -0.3 is 9.30 Å². The Morgan fingerprint density at radius 1 is 1.09 bits per heavy atom. The number of nitriles is 1. The summed E-state index contributed by atoms with van der Waals surface area (Å²) in [4.78, 5) is 25.4. The van der Waals surface area contributed by atoms with Crippen LogP contribution in [0.4, 0.5) is 8.78 Å². The van der Waals surface area contributed by atoms with E-state index < -0.39 is 34.5 Å². The van der Waals surface area contributed by atoms with Crippen molar-refractivity contribution in [3.8, 4) is 11.8 Å². The van der Waals surface area contributed by atoms with Crippen molar-refractivity contribution in [1.82, 2.24) is 4.57 Å². The lowest BCUT2D eigenvalue weighted by Gasteiger charge is -2.18. The number of carbonyl (C=O) groups is 1. The fourth-order valence-electron chi connectivity index (χ4n) is 3.79. The van der Waals surface area contributed by atoms with Crippen molar-refractivity contribution >= 4 is 16.9 Å². The average molecular weight is 444 g/mol. The summed E-state index contributed by atoms with van der Waals surface area (Å²) in [6.07, 6.45) is 1.19. The van der Waals surface area contributed by atoms with E-state index in [1.165, 1.54) is 10.8 Å². The lowest BCUT2D eigenvalue weighted by Crippen LogP contribution is -2.22. The lowest BCUT2D eigenvalue weighted by atomic mass is 9.90. The Morgan fingerprint density at radius 2 is 1.73 bits per heavy atom. The van der Waals surface area contributed by atoms with Crippen molar-refractivity contribution in [2.75, 3.05) is 6.61 Å². The molecule has 0 amide bonds. The van der Waals surface area contributed by atoms with E-state index >= 15 is 8.78 Å². The highest BCUT2D eigenvalue weighted by Gasteiger charge is 2.28. The second-order valence-corrected chi connectivity index (χ2v) is 7.25. The maximum absolute atomic E-state index is 16.0. The highest BCUT2D eigenvalue weighted by molar-refractivity contribution is 5.94. The molecule has 0 bridgehead atoms. The smallest absolute Gasteiger partial charge is 0.343 e. The zero-order valence-electron chi connectivity index (χ0n) is 17.6. The number of hydrogen-bond acceptors (Lipinski definition) is 4. The molecule has 0 spiro atoms. The number of para-hydroxylation sites is 1. The van der Waals surface area contributed by atoms with E-state index in [4.69, 9.17) is 4.74 Å². The first kappa shape index (κ1) is 21.9. The predicted molar refractivity (Wildman–Crippen MR) is 119 cm³/mol. The van der Waals surface area contributed by atoms with Crippen molar-refractivity contribution < 1.29 is 18.3 Å². The van der Waals surface area contributed by atoms with Crippen LogP contribution in [0.1, 0.15) is 34.3 Å². The Labute approximate surface area is 188 Å². The Morgan fingerprint density at radius 3 is 2.33 bits per heavy atom. The fourth-order valence-corrected chi connectivity index (χ4v) is 3.79. The molecule has 0 saturated carbocycles. The highest BCUT2D eigenvalue weighted by atomic mass is 19.1. The Balaban J connectivity index is 2.10. The van der Waals surface area contributed by atoms with Crippen molar-refractivity contribution in [3.63, 3.8) is 0 Å². The molecule has 4 aromatic rings. The topological polar surface area (TPSA) is 72.1 Å². The van der Waals surface area contributed by atoms with Gasteiger partial charge >= 0.3 is 5.97 Å². The lowest BCUT2D eigenvalue weighted by molar-refractivity contribution is 0.0524. The first-order chi connectivity index (χ1) is 16.0. The normalized spacial score (nSPS) is 11.7. The van der Waals surface area contributed by atoms with Gasteiger partial charge in [0, 0.05) is 17.4 Å². The summed E-state index contributed by atoms with van der Waals surface area (Å²) in [7, 11) is 0. The Kier molecular flexibility index (Phi) is 6.01. The first-order valence-corrected chi connectivity index (χ1v) is 10.2. The number of rotatable bonds is 5. The molecule has 164 valence electrons. The third-order valence-electron chi connectivity index (χ3n) is 5.30. The van der Waals surface area contributed by atoms with Crippen LogP contribution >= 0.6 is 0 Å². The molecule has 1 heterocycles. The van der Waals surface area contributed by atoms with Crippen LogP contribution in [0.2, 0.25) is 0 Å². The van der Waals surface area contributed by atoms with E-state index in [0.29, 0.717) is 11.3 Å². The number of nitrogens with zero attached hydrogens (tertiary/aromatic N) is 2. The summed E-state index contributed by atoms with van der Waals surface area (Å²) in [5.74, 6) is -4.22. The van der Waals surface area contributed by atoms with Gasteiger partial charge in [-0.1, -0.05) is 48.5 Å². The van der Waals surface area contributed by atoms with Crippen molar-refractivity contribution in [1.29, 1.82) is 5.26 Å². The molecule has 5 nitrogen and oxygen atoms in total. The van der Waals surface area contributed by atoms with E-state index in [9.17, 15) is 14.9 Å². The molecule has 4 rings (SSSR count). The third kappa shape index (κ3) is 3.87. The number of pyridine rings is 1. The molecule has 0 N–H and O–H groups in total. The molecule has 7 heteroatoms. The molecular weight excluding hydrogens is 426 g/mol. The van der Waals surface area contributed by atoms with Gasteiger partial charge in [-0.15, -0.1) is 0 Å². The van der Waals surface area contributed by atoms with Crippen LogP contribution < -0.4 is 5.43 Å². The minimum absolute atomic E-state index is 0.0320. The van der Waals surface area contributed by atoms with E-state index in [1.807, 2.05) is 6.07 Å². The van der Waals surface area contributed by atoms with Gasteiger partial charge in [0.25, 0.3) is 0 Å². The number of carbonyl (C=O) groups excluding carboxylic acids is 1. The van der Waals surface area contributed by atoms with Crippen LogP contribution in [0, 0.1) is 23.0 Å². The molecular formula is C26H18F2N2O3. The van der Waals surface area contributed by atoms with Gasteiger partial charge in [-0.05, 0) is 30.7 Å². The number of aromatic nitrogens is 1. The Hall–Kier alpha value is -4.31. The highest BCUT2D eigenvalue weighted by Crippen LogP contribution is 2.33. The van der Waals surface area contributed by atoms with E-state index in [-0.39, 0.29) is 23.1 Å². The molecule has 0 aliphatic rings. The van der Waals surface area contributed by atoms with Gasteiger partial charge in [0.15, 0.2) is 5.82 Å². The van der Waals surface area contributed by atoms with E-state index in [1.54, 1.807) is 67.6 Å². The van der Waals surface area contributed by atoms with Crippen molar-refractivity contribution in [2.24, 2.45) is 0 Å². The monoisotopic (exact) mass is 444 g/mol. The number of fused-ring (bicyclic) bond motifs is 1. The predicted octanol–water partition coefficient (Wildman–Crippen LogP) is 5.10. The third-order valence-corrected chi connectivity index (χ3v) is 5.30. The molecule has 1 atom stereocenters. The van der Waals surface area contributed by atoms with Crippen molar-refractivity contribution in [2.45, 2.75) is 12.8 Å². The van der Waals surface area contributed by atoms with Crippen LogP contribution in [0.3, 0.4) is 0 Å². The molecule has 1 aromatic heterocycles. The van der Waals surface area contributed by atoms with Gasteiger partial charge in [0.1, 0.15) is 17.3 Å². The summed E-state index contributed by atoms with van der Waals surface area (Å²) < 4.78 is 37.5. The van der Waals surface area contributed by atoms with Gasteiger partial charge in [-0.3, -0.25) is 4.79 Å². The average Bonchev–Trinajstić information content (AvgIpc) is 2.83. The maximum Gasteiger partial charge on any atom is 0.343 e. The van der Waals surface area contributed by atoms with Crippen LogP contribution in [-0.4, -0.2) is 17.1 Å². The Bertz CT molecular complexity index is 1440. The van der Waals surface area contributed by atoms with Gasteiger partial charge in [0.05, 0.1) is 23.6 Å². The second-order valence-electron chi connectivity index (χ2n) is 7.25.